The average molecular weight is 406 g/mol. The molecule has 134 valence electrons. The van der Waals surface area contributed by atoms with Crippen LogP contribution >= 0.6 is 23.2 Å². The third kappa shape index (κ3) is 4.84. The first-order valence-corrected chi connectivity index (χ1v) is 8.97. The van der Waals surface area contributed by atoms with Crippen molar-refractivity contribution in [3.63, 3.8) is 0 Å². The zero-order valence-corrected chi connectivity index (χ0v) is 15.4. The Morgan fingerprint density at radius 1 is 1.36 bits per heavy atom. The Bertz CT molecular complexity index is 907. The largest absolute Gasteiger partial charge is 0.443 e. The Labute approximate surface area is 153 Å². The lowest BCUT2D eigenvalue weighted by Gasteiger charge is -2.11. The molecule has 2 rings (SSSR count). The molecule has 2 amide bonds. The van der Waals surface area contributed by atoms with Crippen LogP contribution in [0.3, 0.4) is 0 Å². The molecular weight excluding hydrogens is 393 g/mol. The molecule has 0 saturated carbocycles. The van der Waals surface area contributed by atoms with Gasteiger partial charge in [-0.05, 0) is 30.7 Å². The predicted molar refractivity (Wildman–Crippen MR) is 91.9 cm³/mol. The highest BCUT2D eigenvalue weighted by atomic mass is 35.5. The summed E-state index contributed by atoms with van der Waals surface area (Å²) in [5.74, 6) is 0.404. The van der Waals surface area contributed by atoms with Crippen LogP contribution in [0.4, 0.5) is 10.7 Å². The van der Waals surface area contributed by atoms with Crippen LogP contribution in [0, 0.1) is 6.92 Å². The Balaban J connectivity index is 2.20. The molecule has 12 heteroatoms. The van der Waals surface area contributed by atoms with Crippen LogP contribution < -0.4 is 14.8 Å². The first-order valence-electron chi connectivity index (χ1n) is 6.67. The molecular formula is C13H13Cl2N5O4S. The van der Waals surface area contributed by atoms with Crippen molar-refractivity contribution in [3.8, 4) is 5.75 Å². The van der Waals surface area contributed by atoms with Gasteiger partial charge in [0.2, 0.25) is 11.2 Å². The molecule has 1 heterocycles. The number of aryl methyl sites for hydroxylation is 2. The fourth-order valence-electron chi connectivity index (χ4n) is 1.70. The number of carbonyl (C=O) groups is 1. The van der Waals surface area contributed by atoms with Gasteiger partial charge in [0.25, 0.3) is 10.0 Å². The highest BCUT2D eigenvalue weighted by Crippen LogP contribution is 2.26. The Kier molecular flexibility index (Phi) is 5.88. The predicted octanol–water partition coefficient (Wildman–Crippen LogP) is 2.29. The van der Waals surface area contributed by atoms with Gasteiger partial charge in [0.1, 0.15) is 16.5 Å². The molecule has 2 N–H and O–H groups in total. The molecule has 0 aliphatic carbocycles. The van der Waals surface area contributed by atoms with E-state index in [1.165, 1.54) is 28.9 Å². The molecule has 2 aromatic rings. The highest BCUT2D eigenvalue weighted by molar-refractivity contribution is 7.90. The molecule has 0 spiro atoms. The number of urea groups is 1. The van der Waals surface area contributed by atoms with Crippen LogP contribution in [0.5, 0.6) is 5.75 Å². The van der Waals surface area contributed by atoms with E-state index in [1.807, 2.05) is 4.72 Å². The van der Waals surface area contributed by atoms with Gasteiger partial charge < -0.3 is 4.74 Å². The van der Waals surface area contributed by atoms with Crippen molar-refractivity contribution in [2.75, 3.05) is 5.32 Å². The van der Waals surface area contributed by atoms with Gasteiger partial charge in [-0.1, -0.05) is 23.7 Å². The molecule has 0 atom stereocenters. The van der Waals surface area contributed by atoms with E-state index in [1.54, 1.807) is 14.0 Å². The Morgan fingerprint density at radius 3 is 2.64 bits per heavy atom. The van der Waals surface area contributed by atoms with Crippen molar-refractivity contribution in [2.24, 2.45) is 7.05 Å². The maximum Gasteiger partial charge on any atom is 0.335 e. The van der Waals surface area contributed by atoms with Crippen LogP contribution in [0.2, 0.25) is 0 Å². The quantitative estimate of drug-likeness (QED) is 0.737. The molecule has 1 aromatic heterocycles. The first-order chi connectivity index (χ1) is 11.7. The molecule has 0 aliphatic rings. The maximum absolute atomic E-state index is 12.4. The molecule has 25 heavy (non-hydrogen) atoms. The summed E-state index contributed by atoms with van der Waals surface area (Å²) in [5, 5.41) is 5.89. The number of amides is 2. The SMILES string of the molecule is Cc1nc(NC(=O)NS(=O)(=O)c2ccccc2OC(Cl)=CCl)nn1C. The monoisotopic (exact) mass is 405 g/mol. The molecule has 0 aliphatic heterocycles. The van der Waals surface area contributed by atoms with E-state index in [0.29, 0.717) is 5.82 Å². The number of aromatic nitrogens is 3. The van der Waals surface area contributed by atoms with E-state index < -0.39 is 16.1 Å². The van der Waals surface area contributed by atoms with Crippen molar-refractivity contribution in [2.45, 2.75) is 11.8 Å². The van der Waals surface area contributed by atoms with Crippen LogP contribution in [0.1, 0.15) is 5.82 Å². The zero-order valence-electron chi connectivity index (χ0n) is 13.0. The Morgan fingerprint density at radius 2 is 2.04 bits per heavy atom. The summed E-state index contributed by atoms with van der Waals surface area (Å²) in [7, 11) is -2.62. The number of anilines is 1. The summed E-state index contributed by atoms with van der Waals surface area (Å²) in [6, 6.07) is 4.57. The van der Waals surface area contributed by atoms with E-state index in [9.17, 15) is 13.2 Å². The number of ether oxygens (including phenoxy) is 1. The van der Waals surface area contributed by atoms with Crippen molar-refractivity contribution in [3.05, 3.63) is 40.8 Å². The van der Waals surface area contributed by atoms with Crippen LogP contribution in [0.15, 0.2) is 39.9 Å². The van der Waals surface area contributed by atoms with Crippen LogP contribution in [0.25, 0.3) is 0 Å². The number of rotatable bonds is 5. The number of hydrogen-bond acceptors (Lipinski definition) is 6. The van der Waals surface area contributed by atoms with E-state index in [2.05, 4.69) is 15.4 Å². The van der Waals surface area contributed by atoms with Crippen molar-refractivity contribution >= 4 is 45.2 Å². The van der Waals surface area contributed by atoms with Gasteiger partial charge in [-0.15, -0.1) is 5.10 Å². The van der Waals surface area contributed by atoms with Gasteiger partial charge in [0.05, 0.1) is 5.54 Å². The minimum Gasteiger partial charge on any atom is -0.443 e. The fraction of sp³-hybridized carbons (Fsp3) is 0.154. The summed E-state index contributed by atoms with van der Waals surface area (Å²) < 4.78 is 33.2. The second kappa shape index (κ2) is 7.72. The normalized spacial score (nSPS) is 11.9. The minimum atomic E-state index is -4.25. The number of hydrogen-bond donors (Lipinski definition) is 2. The lowest BCUT2D eigenvalue weighted by Crippen LogP contribution is -2.34. The van der Waals surface area contributed by atoms with Gasteiger partial charge in [-0.2, -0.15) is 4.98 Å². The van der Waals surface area contributed by atoms with Crippen molar-refractivity contribution < 1.29 is 17.9 Å². The lowest BCUT2D eigenvalue weighted by molar-refractivity contribution is 0.256. The van der Waals surface area contributed by atoms with Gasteiger partial charge in [0, 0.05) is 7.05 Å². The molecule has 0 unspecified atom stereocenters. The molecule has 0 bridgehead atoms. The van der Waals surface area contributed by atoms with Gasteiger partial charge >= 0.3 is 6.03 Å². The minimum absolute atomic E-state index is 0.0367. The zero-order chi connectivity index (χ0) is 18.6. The topological polar surface area (TPSA) is 115 Å². The average Bonchev–Trinajstić information content (AvgIpc) is 2.84. The molecule has 0 fully saturated rings. The van der Waals surface area contributed by atoms with Gasteiger partial charge in [-0.25, -0.2) is 17.9 Å². The number of sulfonamides is 1. The fourth-order valence-corrected chi connectivity index (χ4v) is 2.87. The summed E-state index contributed by atoms with van der Waals surface area (Å²) in [6.07, 6.45) is 0. The second-order valence-electron chi connectivity index (χ2n) is 4.63. The summed E-state index contributed by atoms with van der Waals surface area (Å²) in [6.45, 7) is 1.68. The number of benzene rings is 1. The molecule has 0 radical (unpaired) electrons. The van der Waals surface area contributed by atoms with E-state index in [4.69, 9.17) is 27.9 Å². The Hall–Kier alpha value is -2.30. The number of nitrogens with zero attached hydrogens (tertiary/aromatic N) is 3. The number of para-hydroxylation sites is 1. The first kappa shape index (κ1) is 19.0. The summed E-state index contributed by atoms with van der Waals surface area (Å²) in [5.41, 5.74) is 0.931. The molecule has 9 nitrogen and oxygen atoms in total. The standard InChI is InChI=1S/C13H13Cl2N5O4S/c1-8-16-12(18-20(8)2)17-13(21)19-25(22,23)10-6-4-3-5-9(10)24-11(15)7-14/h3-7H,1-2H3,(H2,17,18,19,21). The molecule has 1 aromatic carbocycles. The summed E-state index contributed by atoms with van der Waals surface area (Å²) in [4.78, 5) is 15.6. The second-order valence-corrected chi connectivity index (χ2v) is 6.87. The van der Waals surface area contributed by atoms with Crippen molar-refractivity contribution in [1.82, 2.24) is 19.5 Å². The van der Waals surface area contributed by atoms with Gasteiger partial charge in [-0.3, -0.25) is 10.00 Å². The molecule has 0 saturated heterocycles. The lowest BCUT2D eigenvalue weighted by atomic mass is 10.3. The van der Waals surface area contributed by atoms with Crippen molar-refractivity contribution in [1.29, 1.82) is 0 Å². The van der Waals surface area contributed by atoms with Crippen LogP contribution in [-0.4, -0.2) is 29.2 Å². The third-order valence-electron chi connectivity index (χ3n) is 2.87. The third-order valence-corrected chi connectivity index (χ3v) is 4.73. The maximum atomic E-state index is 12.4. The van der Waals surface area contributed by atoms with E-state index in [0.717, 1.165) is 5.54 Å². The van der Waals surface area contributed by atoms with E-state index >= 15 is 0 Å². The number of halogens is 2. The number of nitrogens with one attached hydrogen (secondary N) is 2. The number of carbonyl (C=O) groups excluding carboxylic acids is 1. The smallest absolute Gasteiger partial charge is 0.335 e. The van der Waals surface area contributed by atoms with Gasteiger partial charge in [0.15, 0.2) is 0 Å². The van der Waals surface area contributed by atoms with Crippen LogP contribution in [-0.2, 0) is 17.1 Å². The van der Waals surface area contributed by atoms with E-state index in [-0.39, 0.29) is 21.8 Å². The summed E-state index contributed by atoms with van der Waals surface area (Å²) >= 11 is 11.0. The highest BCUT2D eigenvalue weighted by Gasteiger charge is 2.23.